The Morgan fingerprint density at radius 1 is 1.23 bits per heavy atom. The number of dihydropyridines is 1. The van der Waals surface area contributed by atoms with E-state index >= 15 is 0 Å². The van der Waals surface area contributed by atoms with Crippen molar-refractivity contribution >= 4 is 0 Å². The Kier molecular flexibility index (Phi) is 2.32. The molecule has 0 aromatic heterocycles. The van der Waals surface area contributed by atoms with Gasteiger partial charge in [0, 0.05) is 0 Å². The lowest BCUT2D eigenvalue weighted by Crippen LogP contribution is -2.21. The summed E-state index contributed by atoms with van der Waals surface area (Å²) >= 11 is 0. The van der Waals surface area contributed by atoms with Crippen LogP contribution in [0.5, 0.6) is 0 Å². The van der Waals surface area contributed by atoms with E-state index in [0.29, 0.717) is 0 Å². The van der Waals surface area contributed by atoms with Crippen LogP contribution in [-0.2, 0) is 0 Å². The van der Waals surface area contributed by atoms with Gasteiger partial charge in [0.2, 0.25) is 0 Å². The number of nitrogens with zero attached hydrogens (tertiary/aromatic N) is 1. The quantitative estimate of drug-likeness (QED) is 0.644. The molecule has 2 heterocycles. The van der Waals surface area contributed by atoms with Crippen molar-refractivity contribution in [2.75, 3.05) is 0 Å². The van der Waals surface area contributed by atoms with Crippen molar-refractivity contribution in [3.8, 4) is 0 Å². The molecule has 2 nitrogen and oxygen atoms in total. The summed E-state index contributed by atoms with van der Waals surface area (Å²) in [5.41, 5.74) is 1.000. The minimum absolute atomic E-state index is 0.264. The average molecular weight is 171 g/mol. The van der Waals surface area contributed by atoms with Crippen LogP contribution >= 0.6 is 0 Å². The second-order valence-electron chi connectivity index (χ2n) is 2.86. The maximum Gasteiger partial charge on any atom is 0.0617 e. The van der Waals surface area contributed by atoms with Crippen LogP contribution in [0.15, 0.2) is 60.6 Å². The second-order valence-corrected chi connectivity index (χ2v) is 2.86. The van der Waals surface area contributed by atoms with Crippen LogP contribution in [0.4, 0.5) is 0 Å². The molecule has 0 aromatic carbocycles. The molecule has 0 saturated heterocycles. The number of allylic oxidation sites excluding steroid dienone is 5. The number of rotatable bonds is 1. The highest BCUT2D eigenvalue weighted by molar-refractivity contribution is 5.42. The molecule has 0 spiro atoms. The van der Waals surface area contributed by atoms with Crippen LogP contribution in [0.1, 0.15) is 0 Å². The van der Waals surface area contributed by atoms with Gasteiger partial charge in [0.1, 0.15) is 0 Å². The summed E-state index contributed by atoms with van der Waals surface area (Å²) in [5.74, 6) is 0. The van der Waals surface area contributed by atoms with Crippen LogP contribution in [0.2, 0.25) is 0 Å². The van der Waals surface area contributed by atoms with E-state index in [1.54, 1.807) is 6.20 Å². The highest BCUT2D eigenvalue weighted by Gasteiger charge is 1.97. The molecule has 0 saturated carbocycles. The van der Waals surface area contributed by atoms with E-state index in [9.17, 15) is 0 Å². The highest BCUT2D eigenvalue weighted by Crippen LogP contribution is 2.14. The largest absolute Gasteiger partial charge is 0.664 e. The van der Waals surface area contributed by atoms with Crippen molar-refractivity contribution in [3.63, 3.8) is 0 Å². The van der Waals surface area contributed by atoms with Gasteiger partial charge in [-0.05, 0) is 12.3 Å². The first-order valence-corrected chi connectivity index (χ1v) is 4.30. The third-order valence-electron chi connectivity index (χ3n) is 1.85. The predicted octanol–water partition coefficient (Wildman–Crippen LogP) is 2.37. The summed E-state index contributed by atoms with van der Waals surface area (Å²) in [5, 5.41) is 7.42. The Labute approximate surface area is 78.0 Å². The van der Waals surface area contributed by atoms with Crippen LogP contribution in [0.3, 0.4) is 0 Å². The molecule has 2 aliphatic heterocycles. The van der Waals surface area contributed by atoms with Gasteiger partial charge < -0.3 is 10.6 Å². The molecular formula is C11H11N2-. The lowest BCUT2D eigenvalue weighted by molar-refractivity contribution is 0.825. The predicted molar refractivity (Wildman–Crippen MR) is 54.9 cm³/mol. The number of hydrogen-bond donors (Lipinski definition) is 1. The Morgan fingerprint density at radius 2 is 2.23 bits per heavy atom. The van der Waals surface area contributed by atoms with E-state index in [1.165, 1.54) is 0 Å². The summed E-state index contributed by atoms with van der Waals surface area (Å²) in [6, 6.07) is 0.264. The highest BCUT2D eigenvalue weighted by atomic mass is 14.9. The van der Waals surface area contributed by atoms with Crippen molar-refractivity contribution in [1.29, 1.82) is 0 Å². The molecule has 1 N–H and O–H groups in total. The molecule has 2 heteroatoms. The molecule has 66 valence electrons. The van der Waals surface area contributed by atoms with Gasteiger partial charge in [-0.2, -0.15) is 6.20 Å². The minimum atomic E-state index is 0.264. The summed E-state index contributed by atoms with van der Waals surface area (Å²) in [7, 11) is 0. The van der Waals surface area contributed by atoms with Gasteiger partial charge in [0.05, 0.1) is 6.04 Å². The molecule has 0 radical (unpaired) electrons. The second kappa shape index (κ2) is 3.81. The summed E-state index contributed by atoms with van der Waals surface area (Å²) in [6.07, 6.45) is 17.8. The molecule has 2 aliphatic rings. The maximum atomic E-state index is 4.22. The third kappa shape index (κ3) is 2.12. The number of hydrogen-bond acceptors (Lipinski definition) is 1. The molecular weight excluding hydrogens is 160 g/mol. The Balaban J connectivity index is 2.03. The third-order valence-corrected chi connectivity index (χ3v) is 1.85. The van der Waals surface area contributed by atoms with Crippen molar-refractivity contribution < 1.29 is 0 Å². The molecule has 2 rings (SSSR count). The summed E-state index contributed by atoms with van der Waals surface area (Å²) < 4.78 is 0. The SMILES string of the molecule is C1=C[N-]/C(=C\C2C=CC=CN2)C=C1. The Bertz CT molecular complexity index is 319. The zero-order chi connectivity index (χ0) is 8.93. The normalized spacial score (nSPS) is 27.4. The first-order valence-electron chi connectivity index (χ1n) is 4.30. The lowest BCUT2D eigenvalue weighted by atomic mass is 10.1. The monoisotopic (exact) mass is 171 g/mol. The molecule has 1 unspecified atom stereocenters. The van der Waals surface area contributed by atoms with Crippen molar-refractivity contribution in [2.45, 2.75) is 6.04 Å². The Morgan fingerprint density at radius 3 is 2.92 bits per heavy atom. The van der Waals surface area contributed by atoms with E-state index in [4.69, 9.17) is 0 Å². The van der Waals surface area contributed by atoms with E-state index in [2.05, 4.69) is 22.8 Å². The standard InChI is InChI=1S/C11H11N2/c1-3-7-12-10(5-1)9-11-6-2-4-8-13-11/h1-10,12H/q-1/b11-9-. The van der Waals surface area contributed by atoms with Gasteiger partial charge in [-0.1, -0.05) is 36.5 Å². The average Bonchev–Trinajstić information content (AvgIpc) is 2.21. The van der Waals surface area contributed by atoms with Crippen LogP contribution < -0.4 is 5.32 Å². The maximum absolute atomic E-state index is 4.22. The van der Waals surface area contributed by atoms with Crippen LogP contribution in [0, 0.1) is 0 Å². The van der Waals surface area contributed by atoms with Crippen LogP contribution in [-0.4, -0.2) is 6.04 Å². The van der Waals surface area contributed by atoms with Crippen LogP contribution in [0.25, 0.3) is 5.32 Å². The number of nitrogens with one attached hydrogen (secondary N) is 1. The molecule has 0 bridgehead atoms. The molecule has 0 aliphatic carbocycles. The zero-order valence-corrected chi connectivity index (χ0v) is 7.22. The van der Waals surface area contributed by atoms with Gasteiger partial charge >= 0.3 is 0 Å². The molecule has 0 aromatic rings. The van der Waals surface area contributed by atoms with Crippen molar-refractivity contribution in [2.24, 2.45) is 0 Å². The first-order chi connectivity index (χ1) is 6.45. The van der Waals surface area contributed by atoms with Gasteiger partial charge in [-0.15, -0.1) is 5.70 Å². The molecule has 13 heavy (non-hydrogen) atoms. The fourth-order valence-corrected chi connectivity index (χ4v) is 1.22. The van der Waals surface area contributed by atoms with Crippen molar-refractivity contribution in [1.82, 2.24) is 5.32 Å². The minimum Gasteiger partial charge on any atom is -0.664 e. The first kappa shape index (κ1) is 7.92. The zero-order valence-electron chi connectivity index (χ0n) is 7.22. The lowest BCUT2D eigenvalue weighted by Gasteiger charge is -2.23. The van der Waals surface area contributed by atoms with E-state index in [1.807, 2.05) is 36.6 Å². The topological polar surface area (TPSA) is 26.1 Å². The van der Waals surface area contributed by atoms with E-state index in [-0.39, 0.29) is 6.04 Å². The molecule has 1 atom stereocenters. The van der Waals surface area contributed by atoms with E-state index < -0.39 is 0 Å². The summed E-state index contributed by atoms with van der Waals surface area (Å²) in [6.45, 7) is 0. The van der Waals surface area contributed by atoms with E-state index in [0.717, 1.165) is 5.70 Å². The van der Waals surface area contributed by atoms with Gasteiger partial charge in [0.15, 0.2) is 0 Å². The summed E-state index contributed by atoms with van der Waals surface area (Å²) in [4.78, 5) is 0. The Hall–Kier alpha value is -1.70. The van der Waals surface area contributed by atoms with Gasteiger partial charge in [-0.3, -0.25) is 0 Å². The molecule has 0 amide bonds. The van der Waals surface area contributed by atoms with Crippen molar-refractivity contribution in [3.05, 3.63) is 65.9 Å². The smallest absolute Gasteiger partial charge is 0.0617 e. The fraction of sp³-hybridized carbons (Fsp3) is 0.0909. The molecule has 0 fully saturated rings. The van der Waals surface area contributed by atoms with Gasteiger partial charge in [-0.25, -0.2) is 0 Å². The van der Waals surface area contributed by atoms with Gasteiger partial charge in [0.25, 0.3) is 0 Å². The fourth-order valence-electron chi connectivity index (χ4n) is 1.22.